The molecule has 0 fully saturated rings. The number of methoxy groups -OCH3 is 2. The number of ether oxygens (including phenoxy) is 2. The van der Waals surface area contributed by atoms with E-state index in [2.05, 4.69) is 0 Å². The Bertz CT molecular complexity index is 697. The highest BCUT2D eigenvalue weighted by molar-refractivity contribution is 5.46. The zero-order valence-electron chi connectivity index (χ0n) is 14.1. The van der Waals surface area contributed by atoms with E-state index < -0.39 is 16.4 Å². The molecule has 0 saturated carbocycles. The molecule has 1 atom stereocenters. The molecule has 2 aromatic carbocycles. The number of nitro benzene ring substituents is 1. The first-order valence-electron chi connectivity index (χ1n) is 7.46. The van der Waals surface area contributed by atoms with Crippen molar-refractivity contribution in [1.29, 1.82) is 0 Å². The van der Waals surface area contributed by atoms with Crippen LogP contribution in [0.4, 0.5) is 5.69 Å². The molecule has 0 saturated heterocycles. The molecule has 2 aromatic rings. The number of nitrogens with zero attached hydrogens (tertiary/aromatic N) is 1. The lowest BCUT2D eigenvalue weighted by Gasteiger charge is -2.30. The summed E-state index contributed by atoms with van der Waals surface area (Å²) in [5, 5.41) is 21.5. The Morgan fingerprint density at radius 2 is 1.50 bits per heavy atom. The van der Waals surface area contributed by atoms with Gasteiger partial charge >= 0.3 is 0 Å². The maximum absolute atomic E-state index is 10.8. The molecular weight excluding hydrogens is 310 g/mol. The van der Waals surface area contributed by atoms with Gasteiger partial charge in [-0.1, -0.05) is 12.1 Å². The second-order valence-electron chi connectivity index (χ2n) is 6.08. The summed E-state index contributed by atoms with van der Waals surface area (Å²) in [5.41, 5.74) is 0.487. The van der Waals surface area contributed by atoms with Crippen molar-refractivity contribution in [1.82, 2.24) is 0 Å². The third-order valence-corrected chi connectivity index (χ3v) is 3.85. The molecule has 0 amide bonds. The molecule has 6 heteroatoms. The van der Waals surface area contributed by atoms with E-state index in [-0.39, 0.29) is 5.69 Å². The highest BCUT2D eigenvalue weighted by Crippen LogP contribution is 2.38. The smallest absolute Gasteiger partial charge is 0.269 e. The highest BCUT2D eigenvalue weighted by Gasteiger charge is 2.31. The van der Waals surface area contributed by atoms with E-state index in [9.17, 15) is 15.2 Å². The normalized spacial score (nSPS) is 12.5. The second kappa shape index (κ2) is 6.88. The maximum atomic E-state index is 10.8. The van der Waals surface area contributed by atoms with Crippen molar-refractivity contribution in [2.45, 2.75) is 25.4 Å². The molecule has 0 radical (unpaired) electrons. The van der Waals surface area contributed by atoms with E-state index in [0.717, 1.165) is 11.1 Å². The molecule has 1 N–H and O–H groups in total. The fourth-order valence-corrected chi connectivity index (χ4v) is 2.79. The van der Waals surface area contributed by atoms with Crippen LogP contribution in [-0.2, 0) is 0 Å². The molecular formula is C18H21NO5. The van der Waals surface area contributed by atoms with Gasteiger partial charge in [0.1, 0.15) is 11.5 Å². The Balaban J connectivity index is 2.56. The first kappa shape index (κ1) is 17.7. The largest absolute Gasteiger partial charge is 0.497 e. The molecule has 2 rings (SSSR count). The monoisotopic (exact) mass is 331 g/mol. The van der Waals surface area contributed by atoms with Gasteiger partial charge in [0.15, 0.2) is 0 Å². The van der Waals surface area contributed by atoms with Gasteiger partial charge in [-0.3, -0.25) is 10.1 Å². The Morgan fingerprint density at radius 1 is 1.00 bits per heavy atom. The van der Waals surface area contributed by atoms with Crippen LogP contribution in [0.25, 0.3) is 0 Å². The summed E-state index contributed by atoms with van der Waals surface area (Å²) >= 11 is 0. The standard InChI is InChI=1S/C18H21NO5/c1-18(2,20)17(12-5-7-14(8-6-12)19(21)22)13-9-15(23-3)11-16(10-13)24-4/h5-11,17,20H,1-4H3. The molecule has 24 heavy (non-hydrogen) atoms. The van der Waals surface area contributed by atoms with E-state index in [4.69, 9.17) is 9.47 Å². The van der Waals surface area contributed by atoms with Gasteiger partial charge in [0.05, 0.1) is 24.7 Å². The van der Waals surface area contributed by atoms with E-state index in [1.54, 1.807) is 46.3 Å². The lowest BCUT2D eigenvalue weighted by molar-refractivity contribution is -0.384. The van der Waals surface area contributed by atoms with Crippen LogP contribution in [0.5, 0.6) is 11.5 Å². The third kappa shape index (κ3) is 3.83. The van der Waals surface area contributed by atoms with Crippen LogP contribution in [0.15, 0.2) is 42.5 Å². The third-order valence-electron chi connectivity index (χ3n) is 3.85. The van der Waals surface area contributed by atoms with Crippen LogP contribution >= 0.6 is 0 Å². The van der Waals surface area contributed by atoms with Gasteiger partial charge in [-0.15, -0.1) is 0 Å². The molecule has 0 bridgehead atoms. The van der Waals surface area contributed by atoms with Crippen molar-refractivity contribution in [3.8, 4) is 11.5 Å². The van der Waals surface area contributed by atoms with E-state index >= 15 is 0 Å². The van der Waals surface area contributed by atoms with E-state index in [1.165, 1.54) is 12.1 Å². The minimum atomic E-state index is -1.09. The van der Waals surface area contributed by atoms with Gasteiger partial charge in [0.2, 0.25) is 0 Å². The second-order valence-corrected chi connectivity index (χ2v) is 6.08. The zero-order chi connectivity index (χ0) is 17.9. The van der Waals surface area contributed by atoms with Crippen LogP contribution in [0.1, 0.15) is 30.9 Å². The number of benzene rings is 2. The quantitative estimate of drug-likeness (QED) is 0.647. The average molecular weight is 331 g/mol. The summed E-state index contributed by atoms with van der Waals surface area (Å²) in [6, 6.07) is 11.6. The van der Waals surface area contributed by atoms with Crippen molar-refractivity contribution < 1.29 is 19.5 Å². The van der Waals surface area contributed by atoms with Crippen LogP contribution < -0.4 is 9.47 Å². The molecule has 0 spiro atoms. The van der Waals surface area contributed by atoms with Gasteiger partial charge in [-0.25, -0.2) is 0 Å². The molecule has 0 aromatic heterocycles. The molecule has 128 valence electrons. The van der Waals surface area contributed by atoms with Crippen LogP contribution in [-0.4, -0.2) is 29.9 Å². The topological polar surface area (TPSA) is 81.8 Å². The Hall–Kier alpha value is -2.60. The lowest BCUT2D eigenvalue weighted by atomic mass is 9.79. The van der Waals surface area contributed by atoms with E-state index in [0.29, 0.717) is 11.5 Å². The van der Waals surface area contributed by atoms with Crippen molar-refractivity contribution >= 4 is 5.69 Å². The average Bonchev–Trinajstić information content (AvgIpc) is 2.53. The number of rotatable bonds is 6. The summed E-state index contributed by atoms with van der Waals surface area (Å²) < 4.78 is 10.6. The van der Waals surface area contributed by atoms with Gasteiger partial charge in [0, 0.05) is 24.1 Å². The van der Waals surface area contributed by atoms with Crippen molar-refractivity contribution in [3.63, 3.8) is 0 Å². The molecule has 0 aliphatic rings. The van der Waals surface area contributed by atoms with E-state index in [1.807, 2.05) is 12.1 Å². The molecule has 6 nitrogen and oxygen atoms in total. The Kier molecular flexibility index (Phi) is 5.09. The summed E-state index contributed by atoms with van der Waals surface area (Å²) in [6.45, 7) is 3.40. The van der Waals surface area contributed by atoms with Crippen molar-refractivity contribution in [2.75, 3.05) is 14.2 Å². The minimum Gasteiger partial charge on any atom is -0.497 e. The summed E-state index contributed by atoms with van der Waals surface area (Å²) in [7, 11) is 3.12. The number of hydrogen-bond acceptors (Lipinski definition) is 5. The van der Waals surface area contributed by atoms with Gasteiger partial charge in [-0.05, 0) is 37.1 Å². The fraction of sp³-hybridized carbons (Fsp3) is 0.333. The fourth-order valence-electron chi connectivity index (χ4n) is 2.79. The lowest BCUT2D eigenvalue weighted by Crippen LogP contribution is -2.29. The first-order valence-corrected chi connectivity index (χ1v) is 7.46. The van der Waals surface area contributed by atoms with Crippen LogP contribution in [0, 0.1) is 10.1 Å². The summed E-state index contributed by atoms with van der Waals surface area (Å²) in [5.74, 6) is 0.823. The predicted octanol–water partition coefficient (Wildman–Crippen LogP) is 3.51. The highest BCUT2D eigenvalue weighted by atomic mass is 16.6. The number of nitro groups is 1. The summed E-state index contributed by atoms with van der Waals surface area (Å²) in [4.78, 5) is 10.4. The van der Waals surface area contributed by atoms with Crippen LogP contribution in [0.3, 0.4) is 0 Å². The number of aliphatic hydroxyl groups is 1. The predicted molar refractivity (Wildman–Crippen MR) is 90.8 cm³/mol. The Labute approximate surface area is 140 Å². The SMILES string of the molecule is COc1cc(OC)cc(C(c2ccc([N+](=O)[O-])cc2)C(C)(C)O)c1. The molecule has 1 unspecified atom stereocenters. The van der Waals surface area contributed by atoms with Gasteiger partial charge in [0.25, 0.3) is 5.69 Å². The van der Waals surface area contributed by atoms with Gasteiger partial charge in [-0.2, -0.15) is 0 Å². The van der Waals surface area contributed by atoms with Crippen molar-refractivity contribution in [2.24, 2.45) is 0 Å². The zero-order valence-corrected chi connectivity index (χ0v) is 14.1. The minimum absolute atomic E-state index is 0.0106. The maximum Gasteiger partial charge on any atom is 0.269 e. The molecule has 0 aliphatic carbocycles. The first-order chi connectivity index (χ1) is 11.3. The van der Waals surface area contributed by atoms with Crippen molar-refractivity contribution in [3.05, 3.63) is 63.7 Å². The molecule has 0 heterocycles. The Morgan fingerprint density at radius 3 is 1.88 bits per heavy atom. The molecule has 0 aliphatic heterocycles. The van der Waals surface area contributed by atoms with Gasteiger partial charge < -0.3 is 14.6 Å². The number of hydrogen-bond donors (Lipinski definition) is 1. The van der Waals surface area contributed by atoms with Crippen LogP contribution in [0.2, 0.25) is 0 Å². The summed E-state index contributed by atoms with van der Waals surface area (Å²) in [6.07, 6.45) is 0. The number of non-ortho nitro benzene ring substituents is 1.